The summed E-state index contributed by atoms with van der Waals surface area (Å²) in [6.07, 6.45) is 5.00. The predicted octanol–water partition coefficient (Wildman–Crippen LogP) is 4.45. The average molecular weight is 994 g/mol. The Morgan fingerprint density at radius 1 is 0.671 bits per heavy atom. The van der Waals surface area contributed by atoms with Crippen LogP contribution in [0.15, 0.2) is 80.6 Å². The molecule has 18 heteroatoms. The largest absolute Gasteiger partial charge is 0.504 e. The van der Waals surface area contributed by atoms with Crippen molar-refractivity contribution in [3.63, 3.8) is 0 Å². The number of amides is 1. The fraction of sp³-hybridized carbons (Fsp3) is 0.436. The third kappa shape index (κ3) is 7.12. The van der Waals surface area contributed by atoms with Crippen LogP contribution in [0.4, 0.5) is 0 Å². The Morgan fingerprint density at radius 3 is 1.42 bits per heavy atom. The van der Waals surface area contributed by atoms with E-state index in [9.17, 15) is 44.7 Å². The van der Waals surface area contributed by atoms with E-state index in [-0.39, 0.29) is 87.2 Å². The third-order valence-corrected chi connectivity index (χ3v) is 16.1. The minimum absolute atomic E-state index is 0.0102. The summed E-state index contributed by atoms with van der Waals surface area (Å²) in [7, 11) is 9.60. The predicted molar refractivity (Wildman–Crippen MR) is 263 cm³/mol. The number of aromatic hydroxyl groups is 2. The second kappa shape index (κ2) is 18.4. The summed E-state index contributed by atoms with van der Waals surface area (Å²) in [6, 6.07) is 5.05. The number of phenols is 2. The molecule has 6 aliphatic heterocycles. The Kier molecular flexibility index (Phi) is 12.7. The van der Waals surface area contributed by atoms with Crippen molar-refractivity contribution in [1.82, 2.24) is 24.9 Å². The van der Waals surface area contributed by atoms with Gasteiger partial charge in [0.25, 0.3) is 0 Å². The second-order valence-electron chi connectivity index (χ2n) is 19.7. The van der Waals surface area contributed by atoms with Crippen LogP contribution in [0.2, 0.25) is 0 Å². The number of phenolic OH excluding ortho intramolecular Hbond substituents is 2. The smallest absolute Gasteiger partial charge is 0.226 e. The molecule has 0 radical (unpaired) electrons. The molecule has 2 fully saturated rings. The Balaban J connectivity index is 0.000000180. The van der Waals surface area contributed by atoms with Crippen molar-refractivity contribution >= 4 is 29.0 Å². The first-order valence-corrected chi connectivity index (χ1v) is 24.2. The van der Waals surface area contributed by atoms with E-state index in [2.05, 4.69) is 22.4 Å². The zero-order valence-corrected chi connectivity index (χ0v) is 43.0. The maximum atomic E-state index is 13.6. The fourth-order valence-electron chi connectivity index (χ4n) is 13.0. The van der Waals surface area contributed by atoms with Crippen molar-refractivity contribution in [2.75, 3.05) is 49.1 Å². The number of likely N-dealkylation sites (N-methyl/N-ethyl adjacent to an activating group) is 2. The van der Waals surface area contributed by atoms with Crippen molar-refractivity contribution in [1.29, 1.82) is 10.5 Å². The van der Waals surface area contributed by atoms with Crippen LogP contribution in [-0.4, -0.2) is 144 Å². The number of nitriles is 2. The van der Waals surface area contributed by atoms with Crippen LogP contribution in [0.25, 0.3) is 0 Å². The number of Topliss-reactive ketones (excluding diaryl/α,β-unsaturated/α-hetero) is 4. The molecule has 2 aromatic carbocycles. The molecule has 0 unspecified atom stereocenters. The van der Waals surface area contributed by atoms with E-state index in [1.165, 1.54) is 35.4 Å². The minimum Gasteiger partial charge on any atom is -0.504 e. The molecule has 4 bridgehead atoms. The molecule has 0 aromatic heterocycles. The first-order chi connectivity index (χ1) is 34.8. The molecule has 10 rings (SSSR count). The summed E-state index contributed by atoms with van der Waals surface area (Å²) in [6.45, 7) is 10.2. The topological polar surface area (TPSA) is 235 Å². The summed E-state index contributed by atoms with van der Waals surface area (Å²) in [5.74, 6) is -0.750. The number of nitrogens with one attached hydrogen (secondary N) is 1. The number of piperazine rings is 2. The molecular weight excluding hydrogens is 935 g/mol. The first-order valence-electron chi connectivity index (χ1n) is 24.2. The van der Waals surface area contributed by atoms with Gasteiger partial charge in [-0.3, -0.25) is 33.8 Å². The maximum Gasteiger partial charge on any atom is 0.226 e. The number of rotatable bonds is 7. The number of nitrogens with zero attached hydrogens (tertiary/aromatic N) is 6. The van der Waals surface area contributed by atoms with Crippen LogP contribution in [0.3, 0.4) is 0 Å². The lowest BCUT2D eigenvalue weighted by Crippen LogP contribution is -2.65. The number of aryl methyl sites for hydroxylation is 2. The van der Waals surface area contributed by atoms with Gasteiger partial charge in [0.1, 0.15) is 12.1 Å². The number of carbonyl (C=O) groups is 5. The minimum atomic E-state index is -0.789. The molecule has 8 atom stereocenters. The Morgan fingerprint density at radius 2 is 1.07 bits per heavy atom. The Bertz CT molecular complexity index is 3160. The van der Waals surface area contributed by atoms with Crippen LogP contribution < -0.4 is 14.8 Å². The van der Waals surface area contributed by atoms with Gasteiger partial charge in [0.05, 0.1) is 64.7 Å². The van der Waals surface area contributed by atoms with Crippen molar-refractivity contribution in [3.8, 4) is 35.1 Å². The van der Waals surface area contributed by atoms with Crippen LogP contribution in [0, 0.1) is 36.5 Å². The number of ketones is 4. The van der Waals surface area contributed by atoms with Gasteiger partial charge in [-0.25, -0.2) is 0 Å². The van der Waals surface area contributed by atoms with Gasteiger partial charge in [-0.15, -0.1) is 0 Å². The molecule has 2 aromatic rings. The van der Waals surface area contributed by atoms with Gasteiger partial charge < -0.3 is 44.3 Å². The van der Waals surface area contributed by atoms with E-state index in [0.29, 0.717) is 53.2 Å². The number of methoxy groups -OCH3 is 4. The van der Waals surface area contributed by atoms with E-state index >= 15 is 0 Å². The molecule has 380 valence electrons. The van der Waals surface area contributed by atoms with E-state index < -0.39 is 42.0 Å². The van der Waals surface area contributed by atoms with Gasteiger partial charge in [0.15, 0.2) is 46.1 Å². The summed E-state index contributed by atoms with van der Waals surface area (Å²) in [5.41, 5.74) is 7.78. The molecule has 0 spiro atoms. The zero-order valence-electron chi connectivity index (χ0n) is 43.0. The lowest BCUT2D eigenvalue weighted by molar-refractivity contribution is -0.121. The first kappa shape index (κ1) is 50.3. The molecule has 2 saturated heterocycles. The summed E-state index contributed by atoms with van der Waals surface area (Å²) < 4.78 is 21.7. The molecule has 2 aliphatic carbocycles. The molecule has 6 heterocycles. The lowest BCUT2D eigenvalue weighted by Gasteiger charge is -2.57. The highest BCUT2D eigenvalue weighted by atomic mass is 16.5. The standard InChI is InChI=1S/C28H30N4O6.C27H29N3O5/c1-12-7-15-8-17-19(10-29)32-18(23(31(17)4)21(15)25(35)27(12)37-5)9-16-22(20(32)11-30-14(3)33)26(36)28(38-6)13(2)24(16)34;1-7-16-21-15(23(31)13(3)27(35-6)25(21)33)10-18-22-20-14(8-12(2)26(34-5)24(20)32)9-17(29(22)4)19(11-28)30(16)18/h7,9,17,19-20,23,35H,8,11H2,1-6H3,(H,30,33);8,10,16-17,19,22,32H,7,9H2,1-6H3/t17-,19-,20-,23-;16-,17-,19-,22-/m00/s1. The average Bonchev–Trinajstić information content (AvgIpc) is 3.35. The van der Waals surface area contributed by atoms with Crippen LogP contribution in [0.1, 0.15) is 79.6 Å². The van der Waals surface area contributed by atoms with Crippen molar-refractivity contribution in [3.05, 3.63) is 114 Å². The second-order valence-corrected chi connectivity index (χ2v) is 19.7. The van der Waals surface area contributed by atoms with Crippen molar-refractivity contribution in [2.24, 2.45) is 0 Å². The quantitative estimate of drug-likeness (QED) is 0.325. The number of ether oxygens (including phenoxy) is 4. The van der Waals surface area contributed by atoms with Gasteiger partial charge in [0, 0.05) is 81.5 Å². The molecule has 18 nitrogen and oxygen atoms in total. The van der Waals surface area contributed by atoms with Crippen molar-refractivity contribution < 1.29 is 53.1 Å². The number of hydrogen-bond acceptors (Lipinski definition) is 17. The van der Waals surface area contributed by atoms with Crippen LogP contribution in [0.5, 0.6) is 23.0 Å². The van der Waals surface area contributed by atoms with E-state index in [4.69, 9.17) is 18.9 Å². The summed E-state index contributed by atoms with van der Waals surface area (Å²) >= 11 is 0. The molecular formula is C55H59N7O11. The number of benzene rings is 2. The molecule has 8 aliphatic rings. The Hall–Kier alpha value is -7.67. The highest BCUT2D eigenvalue weighted by Gasteiger charge is 2.56. The van der Waals surface area contributed by atoms with Gasteiger partial charge in [-0.05, 0) is 95.5 Å². The number of allylic oxidation sites excluding steroid dienone is 8. The maximum absolute atomic E-state index is 13.6. The number of hydrogen-bond donors (Lipinski definition) is 3. The van der Waals surface area contributed by atoms with Crippen LogP contribution in [-0.2, 0) is 46.3 Å². The Labute approximate surface area is 423 Å². The number of carbonyl (C=O) groups excluding carboxylic acids is 5. The summed E-state index contributed by atoms with van der Waals surface area (Å²) in [5, 5.41) is 46.2. The molecule has 3 N–H and O–H groups in total. The van der Waals surface area contributed by atoms with Crippen molar-refractivity contribution in [2.45, 2.75) is 109 Å². The summed E-state index contributed by atoms with van der Waals surface area (Å²) in [4.78, 5) is 74.0. The molecule has 0 saturated carbocycles. The highest BCUT2D eigenvalue weighted by molar-refractivity contribution is 6.27. The third-order valence-electron chi connectivity index (χ3n) is 16.1. The van der Waals surface area contributed by atoms with Crippen LogP contribution >= 0.6 is 0 Å². The van der Waals surface area contributed by atoms with E-state index in [1.807, 2.05) is 61.7 Å². The fourth-order valence-corrected chi connectivity index (χ4v) is 13.0. The highest BCUT2D eigenvalue weighted by Crippen LogP contribution is 2.56. The molecule has 73 heavy (non-hydrogen) atoms. The van der Waals surface area contributed by atoms with Gasteiger partial charge in [-0.1, -0.05) is 19.1 Å². The molecule has 1 amide bonds. The van der Waals surface area contributed by atoms with Gasteiger partial charge >= 0.3 is 0 Å². The normalized spacial score (nSPS) is 26.9. The monoisotopic (exact) mass is 993 g/mol. The lowest BCUT2D eigenvalue weighted by atomic mass is 9.73. The van der Waals surface area contributed by atoms with Gasteiger partial charge in [-0.2, -0.15) is 10.5 Å². The SMILES string of the molecule is CC[C@H]1C2=C(C=C3[C@H]4c5c(cc(C)c(OC)c5O)C[C@@H]([C@H](C#N)N31)N4C)C(=O)C(C)=C(OC)C2=O.COC1=C(C)C(=O)C2=C(C1=O)[C@H](CNC(C)=O)N1C(=C2)[C@H]2c3c(cc(C)c(OC)c3O)C[C@@H]([C@@H]1C#N)N2C. The van der Waals surface area contributed by atoms with E-state index in [1.54, 1.807) is 26.0 Å². The zero-order chi connectivity index (χ0) is 53.0. The van der Waals surface area contributed by atoms with E-state index in [0.717, 1.165) is 33.5 Å². The van der Waals surface area contributed by atoms with Gasteiger partial charge in [0.2, 0.25) is 17.5 Å². The number of fused-ring (bicyclic) bond motifs is 12.